The number of hydrogen-bond acceptors (Lipinski definition) is 4. The second-order valence-electron chi connectivity index (χ2n) is 6.18. The highest BCUT2D eigenvalue weighted by atomic mass is 32.2. The van der Waals surface area contributed by atoms with E-state index >= 15 is 0 Å². The van der Waals surface area contributed by atoms with E-state index in [1.54, 1.807) is 0 Å². The van der Waals surface area contributed by atoms with Crippen LogP contribution in [-0.2, 0) is 9.53 Å². The Morgan fingerprint density at radius 1 is 1.37 bits per heavy atom. The van der Waals surface area contributed by atoms with E-state index in [9.17, 15) is 4.79 Å². The topological polar surface area (TPSA) is 38.3 Å². The Kier molecular flexibility index (Phi) is 6.67. The van der Waals surface area contributed by atoms with Crippen LogP contribution in [0.4, 0.5) is 0 Å². The Morgan fingerprint density at radius 2 is 1.95 bits per heavy atom. The first-order valence-electron chi connectivity index (χ1n) is 7.39. The molecule has 2 atom stereocenters. The summed E-state index contributed by atoms with van der Waals surface area (Å²) in [5, 5.41) is 4.63. The molecule has 0 aromatic rings. The molecule has 0 spiro atoms. The van der Waals surface area contributed by atoms with Gasteiger partial charge in [-0.05, 0) is 40.0 Å². The summed E-state index contributed by atoms with van der Waals surface area (Å²) < 4.78 is 4.98. The molecule has 1 aliphatic carbocycles. The lowest BCUT2D eigenvalue weighted by Gasteiger charge is -2.33. The first-order valence-corrected chi connectivity index (χ1v) is 8.33. The maximum Gasteiger partial charge on any atom is 0.325 e. The Labute approximate surface area is 122 Å². The van der Waals surface area contributed by atoms with Gasteiger partial charge in [-0.3, -0.25) is 10.1 Å². The van der Waals surface area contributed by atoms with Gasteiger partial charge in [0, 0.05) is 16.5 Å². The molecule has 0 heterocycles. The maximum atomic E-state index is 12.0. The minimum Gasteiger partial charge on any atom is -0.468 e. The van der Waals surface area contributed by atoms with Gasteiger partial charge in [0.2, 0.25) is 0 Å². The summed E-state index contributed by atoms with van der Waals surface area (Å²) in [7, 11) is 1.47. The van der Waals surface area contributed by atoms with Gasteiger partial charge in [-0.15, -0.1) is 0 Å². The van der Waals surface area contributed by atoms with Crippen molar-refractivity contribution in [2.75, 3.05) is 7.11 Å². The third-order valence-electron chi connectivity index (χ3n) is 3.67. The molecule has 1 N–H and O–H groups in total. The normalized spacial score (nSPS) is 21.4. The number of nitrogens with one attached hydrogen (secondary N) is 1. The molecule has 0 aromatic carbocycles. The lowest BCUT2D eigenvalue weighted by molar-refractivity contribution is -0.148. The smallest absolute Gasteiger partial charge is 0.325 e. The minimum absolute atomic E-state index is 0.153. The molecule has 1 fully saturated rings. The number of methoxy groups -OCH3 is 1. The number of esters is 1. The van der Waals surface area contributed by atoms with E-state index in [0.717, 1.165) is 11.7 Å². The highest BCUT2D eigenvalue weighted by molar-refractivity contribution is 8.00. The van der Waals surface area contributed by atoms with Crippen LogP contribution < -0.4 is 5.32 Å². The fourth-order valence-electron chi connectivity index (χ4n) is 3.04. The summed E-state index contributed by atoms with van der Waals surface area (Å²) in [6, 6.07) is 0.271. The van der Waals surface area contributed by atoms with Gasteiger partial charge in [-0.2, -0.15) is 11.8 Å². The van der Waals surface area contributed by atoms with E-state index in [-0.39, 0.29) is 12.0 Å². The third-order valence-corrected chi connectivity index (χ3v) is 5.15. The van der Waals surface area contributed by atoms with Crippen LogP contribution >= 0.6 is 11.8 Å². The van der Waals surface area contributed by atoms with Crippen molar-refractivity contribution in [2.24, 2.45) is 0 Å². The van der Waals surface area contributed by atoms with Gasteiger partial charge in [0.15, 0.2) is 0 Å². The predicted octanol–water partition coefficient (Wildman–Crippen LogP) is 3.37. The summed E-state index contributed by atoms with van der Waals surface area (Å²) in [6.45, 7) is 8.32. The largest absolute Gasteiger partial charge is 0.468 e. The monoisotopic (exact) mass is 287 g/mol. The molecule has 4 heteroatoms. The van der Waals surface area contributed by atoms with E-state index in [4.69, 9.17) is 4.74 Å². The standard InChI is InChI=1S/C15H29NO2S/c1-11(2)16-15(4,14(17)18-5)10-12(3)19-13-8-6-7-9-13/h11-13,16H,6-10H2,1-5H3. The SMILES string of the molecule is COC(=O)C(C)(CC(C)SC1CCCC1)NC(C)C. The zero-order valence-corrected chi connectivity index (χ0v) is 13.8. The lowest BCUT2D eigenvalue weighted by Crippen LogP contribution is -2.54. The molecular weight excluding hydrogens is 258 g/mol. The van der Waals surface area contributed by atoms with Crippen LogP contribution in [0.5, 0.6) is 0 Å². The number of thioether (sulfide) groups is 1. The molecule has 0 bridgehead atoms. The van der Waals surface area contributed by atoms with E-state index in [0.29, 0.717) is 5.25 Å². The van der Waals surface area contributed by atoms with Crippen molar-refractivity contribution >= 4 is 17.7 Å². The Hall–Kier alpha value is -0.220. The van der Waals surface area contributed by atoms with Crippen LogP contribution in [0.25, 0.3) is 0 Å². The van der Waals surface area contributed by atoms with Crippen molar-refractivity contribution in [3.63, 3.8) is 0 Å². The van der Waals surface area contributed by atoms with Crippen molar-refractivity contribution in [2.45, 2.75) is 81.9 Å². The van der Waals surface area contributed by atoms with Gasteiger partial charge in [0.1, 0.15) is 5.54 Å². The van der Waals surface area contributed by atoms with Crippen LogP contribution in [-0.4, -0.2) is 35.2 Å². The number of hydrogen-bond donors (Lipinski definition) is 1. The molecule has 0 saturated heterocycles. The summed E-state index contributed by atoms with van der Waals surface area (Å²) >= 11 is 2.04. The fraction of sp³-hybridized carbons (Fsp3) is 0.933. The molecule has 0 aromatic heterocycles. The summed E-state index contributed by atoms with van der Waals surface area (Å²) in [5.41, 5.74) is -0.575. The average molecular weight is 287 g/mol. The van der Waals surface area contributed by atoms with Crippen LogP contribution in [0.1, 0.15) is 59.8 Å². The predicted molar refractivity (Wildman–Crippen MR) is 82.6 cm³/mol. The van der Waals surface area contributed by atoms with Gasteiger partial charge in [0.05, 0.1) is 7.11 Å². The molecule has 1 aliphatic rings. The molecule has 112 valence electrons. The molecule has 0 aliphatic heterocycles. The summed E-state index contributed by atoms with van der Waals surface area (Å²) in [5.74, 6) is -0.153. The van der Waals surface area contributed by atoms with E-state index in [2.05, 4.69) is 26.1 Å². The quantitative estimate of drug-likeness (QED) is 0.729. The first-order chi connectivity index (χ1) is 8.87. The average Bonchev–Trinajstić information content (AvgIpc) is 2.78. The number of ether oxygens (including phenoxy) is 1. The zero-order valence-electron chi connectivity index (χ0n) is 13.0. The zero-order chi connectivity index (χ0) is 14.5. The fourth-order valence-corrected chi connectivity index (χ4v) is 4.73. The maximum absolute atomic E-state index is 12.0. The Morgan fingerprint density at radius 3 is 2.42 bits per heavy atom. The number of rotatable bonds is 7. The lowest BCUT2D eigenvalue weighted by atomic mass is 9.95. The van der Waals surface area contributed by atoms with Gasteiger partial charge < -0.3 is 4.74 Å². The highest BCUT2D eigenvalue weighted by Gasteiger charge is 2.37. The van der Waals surface area contributed by atoms with Crippen LogP contribution in [0, 0.1) is 0 Å². The molecule has 1 rings (SSSR count). The highest BCUT2D eigenvalue weighted by Crippen LogP contribution is 2.35. The van der Waals surface area contributed by atoms with Crippen molar-refractivity contribution in [3.05, 3.63) is 0 Å². The molecular formula is C15H29NO2S. The van der Waals surface area contributed by atoms with Gasteiger partial charge in [-0.25, -0.2) is 0 Å². The van der Waals surface area contributed by atoms with Crippen LogP contribution in [0.3, 0.4) is 0 Å². The number of carbonyl (C=O) groups excluding carboxylic acids is 1. The molecule has 0 radical (unpaired) electrons. The molecule has 1 saturated carbocycles. The molecule has 19 heavy (non-hydrogen) atoms. The second kappa shape index (κ2) is 7.53. The first kappa shape index (κ1) is 16.8. The Balaban J connectivity index is 2.57. The third kappa shape index (κ3) is 5.35. The number of carbonyl (C=O) groups is 1. The van der Waals surface area contributed by atoms with E-state index in [1.165, 1.54) is 32.8 Å². The van der Waals surface area contributed by atoms with Gasteiger partial charge in [0.25, 0.3) is 0 Å². The summed E-state index contributed by atoms with van der Waals surface area (Å²) in [6.07, 6.45) is 6.22. The molecule has 2 unspecified atom stereocenters. The second-order valence-corrected chi connectivity index (χ2v) is 7.92. The van der Waals surface area contributed by atoms with Gasteiger partial charge in [-0.1, -0.05) is 19.8 Å². The van der Waals surface area contributed by atoms with Crippen molar-refractivity contribution in [1.82, 2.24) is 5.32 Å². The molecule has 0 amide bonds. The van der Waals surface area contributed by atoms with Crippen LogP contribution in [0.15, 0.2) is 0 Å². The van der Waals surface area contributed by atoms with Gasteiger partial charge >= 0.3 is 5.97 Å². The minimum atomic E-state index is -0.575. The molecule has 3 nitrogen and oxygen atoms in total. The Bertz CT molecular complexity index is 290. The van der Waals surface area contributed by atoms with Crippen molar-refractivity contribution < 1.29 is 9.53 Å². The summed E-state index contributed by atoms with van der Waals surface area (Å²) in [4.78, 5) is 12.0. The van der Waals surface area contributed by atoms with Crippen molar-refractivity contribution in [1.29, 1.82) is 0 Å². The van der Waals surface area contributed by atoms with E-state index < -0.39 is 5.54 Å². The van der Waals surface area contributed by atoms with Crippen LogP contribution in [0.2, 0.25) is 0 Å². The van der Waals surface area contributed by atoms with Crippen molar-refractivity contribution in [3.8, 4) is 0 Å². The van der Waals surface area contributed by atoms with E-state index in [1.807, 2.05) is 18.7 Å².